The minimum absolute atomic E-state index is 0.0774. The molecule has 6 heteroatoms. The zero-order chi connectivity index (χ0) is 27.7. The number of hydrogen-bond donors (Lipinski definition) is 1. The fraction of sp³-hybridized carbons (Fsp3) is 0.515. The molecule has 1 amide bonds. The zero-order valence-corrected chi connectivity index (χ0v) is 25.4. The number of nitrogens with one attached hydrogen (secondary N) is 1. The molecule has 0 aliphatic rings. The standard InChI is InChI=1S/C33H45ClN2O2S/c1-3-4-5-6-7-8-9-10-11-12-13-16-22-38-33-28(19-17-20-30(33)34)23-32(37)35-31-21-15-14-18-29(31)25-36-24-27(2)39-26-36/h14-15,17-21,24,26H,3-13,16,22-23,25H2,1-2H3/p+1. The third-order valence-corrected chi connectivity index (χ3v) is 8.16. The highest BCUT2D eigenvalue weighted by molar-refractivity contribution is 7.09. The van der Waals surface area contributed by atoms with E-state index in [1.54, 1.807) is 11.3 Å². The Kier molecular flexibility index (Phi) is 14.4. The molecule has 0 saturated carbocycles. The van der Waals surface area contributed by atoms with Crippen molar-refractivity contribution in [3.63, 3.8) is 0 Å². The quantitative estimate of drug-likeness (QED) is 0.115. The molecule has 3 aromatic rings. The largest absolute Gasteiger partial charge is 0.492 e. The third-order valence-electron chi connectivity index (χ3n) is 7.01. The number of amides is 1. The number of thiazole rings is 1. The first kappa shape index (κ1) is 31.2. The van der Waals surface area contributed by atoms with Gasteiger partial charge in [0.1, 0.15) is 5.75 Å². The number of carbonyl (C=O) groups is 1. The van der Waals surface area contributed by atoms with Gasteiger partial charge in [-0.3, -0.25) is 4.79 Å². The number of anilines is 1. The Morgan fingerprint density at radius 2 is 1.51 bits per heavy atom. The van der Waals surface area contributed by atoms with Gasteiger partial charge in [0.05, 0.1) is 28.6 Å². The molecule has 0 radical (unpaired) electrons. The molecule has 0 saturated heterocycles. The number of ether oxygens (including phenoxy) is 1. The van der Waals surface area contributed by atoms with Crippen LogP contribution in [0.3, 0.4) is 0 Å². The summed E-state index contributed by atoms with van der Waals surface area (Å²) in [6, 6.07) is 13.6. The van der Waals surface area contributed by atoms with Gasteiger partial charge in [-0.2, -0.15) is 4.57 Å². The zero-order valence-electron chi connectivity index (χ0n) is 23.9. The van der Waals surface area contributed by atoms with Crippen LogP contribution in [0.2, 0.25) is 5.02 Å². The Bertz CT molecular complexity index is 1130. The van der Waals surface area contributed by atoms with E-state index in [1.807, 2.05) is 36.4 Å². The van der Waals surface area contributed by atoms with Crippen LogP contribution in [0, 0.1) is 6.92 Å². The summed E-state index contributed by atoms with van der Waals surface area (Å²) in [6.45, 7) is 5.70. The molecule has 1 aromatic heterocycles. The smallest absolute Gasteiger partial charge is 0.228 e. The van der Waals surface area contributed by atoms with E-state index in [1.165, 1.54) is 69.1 Å². The molecule has 212 valence electrons. The van der Waals surface area contributed by atoms with Crippen LogP contribution in [-0.2, 0) is 17.8 Å². The van der Waals surface area contributed by atoms with Crippen LogP contribution in [0.1, 0.15) is 100.0 Å². The Labute approximate surface area is 244 Å². The van der Waals surface area contributed by atoms with Crippen molar-refractivity contribution < 1.29 is 14.1 Å². The summed E-state index contributed by atoms with van der Waals surface area (Å²) < 4.78 is 8.24. The lowest BCUT2D eigenvalue weighted by Gasteiger charge is -2.14. The first-order chi connectivity index (χ1) is 19.1. The van der Waals surface area contributed by atoms with Crippen LogP contribution in [-0.4, -0.2) is 12.5 Å². The Morgan fingerprint density at radius 1 is 0.872 bits per heavy atom. The number of carbonyl (C=O) groups excluding carboxylic acids is 1. The number of hydrogen-bond acceptors (Lipinski definition) is 3. The van der Waals surface area contributed by atoms with Crippen LogP contribution in [0.5, 0.6) is 5.75 Å². The van der Waals surface area contributed by atoms with Crippen LogP contribution in [0.25, 0.3) is 0 Å². The molecule has 0 bridgehead atoms. The maximum Gasteiger partial charge on any atom is 0.228 e. The minimum atomic E-state index is -0.0774. The van der Waals surface area contributed by atoms with E-state index in [9.17, 15) is 4.79 Å². The number of halogens is 1. The molecule has 39 heavy (non-hydrogen) atoms. The molecule has 1 N–H and O–H groups in total. The molecule has 3 rings (SSSR count). The van der Waals surface area contributed by atoms with Crippen LogP contribution < -0.4 is 14.6 Å². The van der Waals surface area contributed by atoms with Gasteiger partial charge in [-0.05, 0) is 25.5 Å². The fourth-order valence-electron chi connectivity index (χ4n) is 4.84. The third kappa shape index (κ3) is 11.7. The predicted molar refractivity (Wildman–Crippen MR) is 165 cm³/mol. The predicted octanol–water partition coefficient (Wildman–Crippen LogP) is 9.31. The van der Waals surface area contributed by atoms with E-state index in [-0.39, 0.29) is 12.3 Å². The minimum Gasteiger partial charge on any atom is -0.492 e. The summed E-state index contributed by atoms with van der Waals surface area (Å²) in [5.74, 6) is 0.557. The summed E-state index contributed by atoms with van der Waals surface area (Å²) in [6.07, 6.45) is 18.0. The Hall–Kier alpha value is -2.37. The summed E-state index contributed by atoms with van der Waals surface area (Å²) in [5, 5.41) is 3.66. The first-order valence-corrected chi connectivity index (χ1v) is 16.0. The molecule has 0 aliphatic carbocycles. The second kappa shape index (κ2) is 18.1. The topological polar surface area (TPSA) is 42.2 Å². The molecule has 0 aliphatic heterocycles. The maximum atomic E-state index is 13.0. The Morgan fingerprint density at radius 3 is 2.18 bits per heavy atom. The number of nitrogens with zero attached hydrogens (tertiary/aromatic N) is 1. The number of benzene rings is 2. The van der Waals surface area contributed by atoms with Crippen molar-refractivity contribution in [2.75, 3.05) is 11.9 Å². The summed E-state index contributed by atoms with van der Waals surface area (Å²) in [7, 11) is 0. The average molecular weight is 570 g/mol. The van der Waals surface area contributed by atoms with E-state index >= 15 is 0 Å². The summed E-state index contributed by atoms with van der Waals surface area (Å²) >= 11 is 8.20. The van der Waals surface area contributed by atoms with Gasteiger partial charge in [-0.1, -0.05) is 131 Å². The van der Waals surface area contributed by atoms with E-state index in [2.05, 4.69) is 41.5 Å². The normalized spacial score (nSPS) is 11.1. The first-order valence-electron chi connectivity index (χ1n) is 14.8. The van der Waals surface area contributed by atoms with Crippen molar-refractivity contribution in [3.05, 3.63) is 75.2 Å². The molecule has 0 fully saturated rings. The van der Waals surface area contributed by atoms with E-state index in [0.29, 0.717) is 23.9 Å². The van der Waals surface area contributed by atoms with Crippen LogP contribution >= 0.6 is 22.9 Å². The molecule has 4 nitrogen and oxygen atoms in total. The molecular formula is C33H46ClN2O2S+. The van der Waals surface area contributed by atoms with Gasteiger partial charge in [0.2, 0.25) is 11.4 Å². The van der Waals surface area contributed by atoms with Crippen LogP contribution in [0.4, 0.5) is 5.69 Å². The van der Waals surface area contributed by atoms with Gasteiger partial charge in [-0.25, -0.2) is 0 Å². The lowest BCUT2D eigenvalue weighted by atomic mass is 10.1. The molecule has 2 aromatic carbocycles. The van der Waals surface area contributed by atoms with E-state index in [0.717, 1.165) is 29.7 Å². The van der Waals surface area contributed by atoms with Gasteiger partial charge >= 0.3 is 0 Å². The lowest BCUT2D eigenvalue weighted by Crippen LogP contribution is -2.31. The molecular weight excluding hydrogens is 524 g/mol. The second-order valence-corrected chi connectivity index (χ2v) is 12.0. The number of para-hydroxylation sites is 2. The highest BCUT2D eigenvalue weighted by atomic mass is 35.5. The molecule has 1 heterocycles. The van der Waals surface area contributed by atoms with Gasteiger partial charge in [0, 0.05) is 11.1 Å². The van der Waals surface area contributed by atoms with Crippen molar-refractivity contribution in [2.45, 2.75) is 104 Å². The highest BCUT2D eigenvalue weighted by Gasteiger charge is 2.15. The van der Waals surface area contributed by atoms with Crippen molar-refractivity contribution in [1.82, 2.24) is 0 Å². The van der Waals surface area contributed by atoms with Crippen LogP contribution in [0.15, 0.2) is 54.2 Å². The maximum absolute atomic E-state index is 13.0. The van der Waals surface area contributed by atoms with Crippen molar-refractivity contribution in [3.8, 4) is 5.75 Å². The fourth-order valence-corrected chi connectivity index (χ4v) is 5.73. The monoisotopic (exact) mass is 569 g/mol. The van der Waals surface area contributed by atoms with Crippen molar-refractivity contribution in [2.24, 2.45) is 0 Å². The van der Waals surface area contributed by atoms with E-state index < -0.39 is 0 Å². The second-order valence-electron chi connectivity index (χ2n) is 10.5. The molecule has 0 unspecified atom stereocenters. The van der Waals surface area contributed by atoms with Gasteiger partial charge < -0.3 is 10.1 Å². The number of aryl methyl sites for hydroxylation is 1. The molecule has 0 atom stereocenters. The number of rotatable bonds is 19. The van der Waals surface area contributed by atoms with Crippen molar-refractivity contribution >= 4 is 34.5 Å². The summed E-state index contributed by atoms with van der Waals surface area (Å²) in [4.78, 5) is 14.3. The van der Waals surface area contributed by atoms with Gasteiger partial charge in [0.15, 0.2) is 12.7 Å². The van der Waals surface area contributed by atoms with Gasteiger partial charge in [0.25, 0.3) is 0 Å². The Balaban J connectivity index is 1.40. The van der Waals surface area contributed by atoms with Crippen molar-refractivity contribution in [1.29, 1.82) is 0 Å². The highest BCUT2D eigenvalue weighted by Crippen LogP contribution is 2.30. The number of aromatic nitrogens is 1. The SMILES string of the molecule is CCCCCCCCCCCCCCOc1c(Cl)cccc1CC(=O)Nc1ccccc1C[n+]1csc(C)c1. The van der Waals surface area contributed by atoms with E-state index in [4.69, 9.17) is 16.3 Å². The number of unbranched alkanes of at least 4 members (excludes halogenated alkanes) is 11. The lowest BCUT2D eigenvalue weighted by molar-refractivity contribution is -0.683. The van der Waals surface area contributed by atoms with Gasteiger partial charge in [-0.15, -0.1) is 0 Å². The molecule has 0 spiro atoms. The summed E-state index contributed by atoms with van der Waals surface area (Å²) in [5.41, 5.74) is 4.82. The average Bonchev–Trinajstić information content (AvgIpc) is 3.33.